The second-order valence-corrected chi connectivity index (χ2v) is 7.00. The van der Waals surface area contributed by atoms with Gasteiger partial charge in [0, 0.05) is 0 Å². The summed E-state index contributed by atoms with van der Waals surface area (Å²) in [7, 11) is 2.73. The molecule has 1 aliphatic carbocycles. The van der Waals surface area contributed by atoms with E-state index in [-0.39, 0.29) is 26.9 Å². The van der Waals surface area contributed by atoms with Crippen molar-refractivity contribution in [3.63, 3.8) is 0 Å². The summed E-state index contributed by atoms with van der Waals surface area (Å²) in [4.78, 5) is 23.5. The van der Waals surface area contributed by atoms with Crippen LogP contribution >= 0.6 is 0 Å². The SMILES string of the molecule is COC(=O)C1=CC(=C2CCCCC2)C=C(C(=O)OC)[Se]1. The monoisotopic (exact) mass is 342 g/mol. The second-order valence-electron chi connectivity index (χ2n) is 4.72. The number of hydrogen-bond donors (Lipinski definition) is 0. The molecule has 0 spiro atoms. The first-order chi connectivity index (χ1) is 9.65. The van der Waals surface area contributed by atoms with Gasteiger partial charge in [-0.15, -0.1) is 0 Å². The van der Waals surface area contributed by atoms with Gasteiger partial charge in [0.1, 0.15) is 0 Å². The normalized spacial score (nSPS) is 19.1. The van der Waals surface area contributed by atoms with Gasteiger partial charge in [0.2, 0.25) is 0 Å². The van der Waals surface area contributed by atoms with Crippen LogP contribution in [0.4, 0.5) is 0 Å². The number of carbonyl (C=O) groups is 2. The van der Waals surface area contributed by atoms with E-state index in [1.54, 1.807) is 0 Å². The van der Waals surface area contributed by atoms with E-state index in [1.165, 1.54) is 39.1 Å². The van der Waals surface area contributed by atoms with Crippen molar-refractivity contribution in [2.75, 3.05) is 14.2 Å². The summed E-state index contributed by atoms with van der Waals surface area (Å²) in [5.41, 5.74) is 2.33. The van der Waals surface area contributed by atoms with Gasteiger partial charge >= 0.3 is 125 Å². The minimum atomic E-state index is -0.353. The molecule has 4 nitrogen and oxygen atoms in total. The van der Waals surface area contributed by atoms with Crippen molar-refractivity contribution in [3.05, 3.63) is 32.2 Å². The Labute approximate surface area is 125 Å². The van der Waals surface area contributed by atoms with E-state index in [9.17, 15) is 9.59 Å². The molecule has 0 radical (unpaired) electrons. The van der Waals surface area contributed by atoms with Crippen molar-refractivity contribution in [3.8, 4) is 0 Å². The Morgan fingerprint density at radius 1 is 0.950 bits per heavy atom. The van der Waals surface area contributed by atoms with Crippen molar-refractivity contribution in [1.29, 1.82) is 0 Å². The molecule has 5 heteroatoms. The van der Waals surface area contributed by atoms with E-state index in [1.807, 2.05) is 12.2 Å². The molecule has 0 bridgehead atoms. The van der Waals surface area contributed by atoms with Gasteiger partial charge in [0.15, 0.2) is 0 Å². The van der Waals surface area contributed by atoms with Gasteiger partial charge < -0.3 is 0 Å². The minimum absolute atomic E-state index is 0.348. The zero-order valence-corrected chi connectivity index (χ0v) is 13.4. The van der Waals surface area contributed by atoms with Gasteiger partial charge in [0.05, 0.1) is 0 Å². The van der Waals surface area contributed by atoms with Crippen LogP contribution in [-0.2, 0) is 19.1 Å². The van der Waals surface area contributed by atoms with Gasteiger partial charge in [-0.3, -0.25) is 0 Å². The summed E-state index contributed by atoms with van der Waals surface area (Å²) in [6.45, 7) is 0. The average Bonchev–Trinajstić information content (AvgIpc) is 2.53. The van der Waals surface area contributed by atoms with Crippen molar-refractivity contribution >= 4 is 26.9 Å². The number of carbonyl (C=O) groups excluding carboxylic acids is 2. The number of esters is 2. The molecule has 0 saturated heterocycles. The number of rotatable bonds is 2. The summed E-state index contributed by atoms with van der Waals surface area (Å²) in [6, 6.07) is 0. The van der Waals surface area contributed by atoms with Crippen LogP contribution in [0.1, 0.15) is 32.1 Å². The molecule has 1 saturated carbocycles. The van der Waals surface area contributed by atoms with Crippen molar-refractivity contribution < 1.29 is 19.1 Å². The average molecular weight is 341 g/mol. The Morgan fingerprint density at radius 3 is 1.90 bits per heavy atom. The van der Waals surface area contributed by atoms with Gasteiger partial charge in [-0.2, -0.15) is 0 Å². The summed E-state index contributed by atoms with van der Waals surface area (Å²) < 4.78 is 10.7. The van der Waals surface area contributed by atoms with E-state index in [2.05, 4.69) is 0 Å². The van der Waals surface area contributed by atoms with Crippen LogP contribution in [0.25, 0.3) is 0 Å². The first-order valence-corrected chi connectivity index (χ1v) is 8.37. The van der Waals surface area contributed by atoms with Crippen molar-refractivity contribution in [2.24, 2.45) is 0 Å². The van der Waals surface area contributed by atoms with Crippen molar-refractivity contribution in [2.45, 2.75) is 32.1 Å². The summed E-state index contributed by atoms with van der Waals surface area (Å²) >= 11 is -0.348. The molecule has 0 N–H and O–H groups in total. The molecule has 2 aliphatic rings. The Balaban J connectivity index is 2.37. The Morgan fingerprint density at radius 2 is 1.45 bits per heavy atom. The third-order valence-electron chi connectivity index (χ3n) is 3.43. The fourth-order valence-corrected chi connectivity index (χ4v) is 4.35. The molecule has 2 rings (SSSR count). The van der Waals surface area contributed by atoms with Crippen LogP contribution in [0.3, 0.4) is 0 Å². The maximum atomic E-state index is 11.8. The van der Waals surface area contributed by atoms with Gasteiger partial charge in [0.25, 0.3) is 0 Å². The van der Waals surface area contributed by atoms with Crippen LogP contribution in [-0.4, -0.2) is 41.1 Å². The molecule has 0 aromatic rings. The summed E-state index contributed by atoms with van der Waals surface area (Å²) in [5.74, 6) is -0.707. The zero-order valence-electron chi connectivity index (χ0n) is 11.7. The quantitative estimate of drug-likeness (QED) is 0.570. The molecule has 1 heterocycles. The summed E-state index contributed by atoms with van der Waals surface area (Å²) in [6.07, 6.45) is 9.45. The van der Waals surface area contributed by atoms with Crippen LogP contribution in [0.5, 0.6) is 0 Å². The van der Waals surface area contributed by atoms with E-state index in [0.717, 1.165) is 18.4 Å². The first kappa shape index (κ1) is 15.1. The molecule has 0 atom stereocenters. The number of methoxy groups -OCH3 is 2. The van der Waals surface area contributed by atoms with E-state index in [0.29, 0.717) is 8.94 Å². The van der Waals surface area contributed by atoms with E-state index >= 15 is 0 Å². The molecular formula is C15H18O4Se. The predicted molar refractivity (Wildman–Crippen MR) is 76.1 cm³/mol. The van der Waals surface area contributed by atoms with E-state index < -0.39 is 0 Å². The molecule has 0 aromatic carbocycles. The predicted octanol–water partition coefficient (Wildman–Crippen LogP) is 2.08. The van der Waals surface area contributed by atoms with Crippen LogP contribution in [0.2, 0.25) is 0 Å². The molecule has 108 valence electrons. The molecular weight excluding hydrogens is 323 g/mol. The fourth-order valence-electron chi connectivity index (χ4n) is 2.38. The maximum absolute atomic E-state index is 11.8. The van der Waals surface area contributed by atoms with Gasteiger partial charge in [-0.1, -0.05) is 0 Å². The first-order valence-electron chi connectivity index (χ1n) is 6.65. The number of allylic oxidation sites excluding steroid dienone is 4. The standard InChI is InChI=1S/C15H18O4Se/c1-18-14(16)12-8-11(10-6-4-3-5-7-10)9-13(20-12)15(17)19-2/h8-9H,3-7H2,1-2H3. The topological polar surface area (TPSA) is 52.6 Å². The molecule has 0 aromatic heterocycles. The molecule has 0 amide bonds. The van der Waals surface area contributed by atoms with Gasteiger partial charge in [-0.05, 0) is 0 Å². The Hall–Kier alpha value is -1.32. The Kier molecular flexibility index (Phi) is 5.21. The number of hydrogen-bond acceptors (Lipinski definition) is 4. The third-order valence-corrected chi connectivity index (χ3v) is 5.55. The Bertz CT molecular complexity index is 472. The zero-order chi connectivity index (χ0) is 14.5. The summed E-state index contributed by atoms with van der Waals surface area (Å²) in [5, 5.41) is 0. The fraction of sp³-hybridized carbons (Fsp3) is 0.467. The molecule has 1 fully saturated rings. The van der Waals surface area contributed by atoms with Crippen LogP contribution in [0, 0.1) is 0 Å². The van der Waals surface area contributed by atoms with Crippen LogP contribution in [0.15, 0.2) is 32.2 Å². The number of ether oxygens (including phenoxy) is 2. The molecule has 1 aliphatic heterocycles. The second kappa shape index (κ2) is 6.91. The third kappa shape index (κ3) is 3.41. The van der Waals surface area contributed by atoms with Gasteiger partial charge in [-0.25, -0.2) is 0 Å². The van der Waals surface area contributed by atoms with E-state index in [4.69, 9.17) is 9.47 Å². The molecule has 0 unspecified atom stereocenters. The van der Waals surface area contributed by atoms with Crippen molar-refractivity contribution in [1.82, 2.24) is 0 Å². The molecule has 20 heavy (non-hydrogen) atoms. The van der Waals surface area contributed by atoms with Crippen LogP contribution < -0.4 is 0 Å².